The fourth-order valence-electron chi connectivity index (χ4n) is 17.1. The first-order valence-electron chi connectivity index (χ1n) is 20.3. The lowest BCUT2D eigenvalue weighted by Gasteiger charge is -2.32. The van der Waals surface area contributed by atoms with E-state index in [1.165, 1.54) is 60.6 Å². The lowest BCUT2D eigenvalue weighted by Crippen LogP contribution is -2.30. The topological polar surface area (TPSA) is 26.3 Å². The van der Waals surface area contributed by atoms with Crippen LogP contribution in [0.3, 0.4) is 0 Å². The summed E-state index contributed by atoms with van der Waals surface area (Å²) in [5, 5.41) is 29.4. The summed E-state index contributed by atoms with van der Waals surface area (Å²) in [5.41, 5.74) is 12.4. The molecule has 0 radical (unpaired) electrons. The zero-order valence-electron chi connectivity index (χ0n) is 29.5. The van der Waals surface area contributed by atoms with Gasteiger partial charge in [0.1, 0.15) is 0 Å². The molecule has 0 bridgehead atoms. The number of benzene rings is 7. The van der Waals surface area contributed by atoms with Crippen LogP contribution in [-0.4, -0.2) is 13.1 Å². The molecule has 2 fully saturated rings. The Bertz CT molecular complexity index is 3880. The Balaban J connectivity index is 1.21. The van der Waals surface area contributed by atoms with Crippen molar-refractivity contribution >= 4 is 114 Å². The summed E-state index contributed by atoms with van der Waals surface area (Å²) in [5.74, 6) is 0.812. The molecule has 2 saturated carbocycles. The molecule has 248 valence electrons. The van der Waals surface area contributed by atoms with Crippen molar-refractivity contribution in [2.45, 2.75) is 48.9 Å². The van der Waals surface area contributed by atoms with E-state index in [9.17, 15) is 4.79 Å². The van der Waals surface area contributed by atoms with E-state index < -0.39 is 0 Å². The second kappa shape index (κ2) is 6.88. The largest absolute Gasteiger partial charge is 0.469 e. The Labute approximate surface area is 307 Å². The van der Waals surface area contributed by atoms with Crippen molar-refractivity contribution in [1.29, 1.82) is 0 Å². The van der Waals surface area contributed by atoms with Gasteiger partial charge < -0.3 is 4.74 Å². The monoisotopic (exact) mass is 684 g/mol. The van der Waals surface area contributed by atoms with Crippen LogP contribution in [0.2, 0.25) is 0 Å². The third kappa shape index (κ3) is 1.77. The number of hydrogen-bond acceptors (Lipinski definition) is 2. The van der Waals surface area contributed by atoms with Gasteiger partial charge in [0, 0.05) is 28.6 Å². The van der Waals surface area contributed by atoms with Gasteiger partial charge in [0.05, 0.1) is 7.11 Å². The highest BCUT2D eigenvalue weighted by atomic mass is 16.5. The van der Waals surface area contributed by atoms with Crippen LogP contribution in [-0.2, 0) is 26.8 Å². The predicted octanol–water partition coefficient (Wildman–Crippen LogP) is 11.1. The molecule has 0 saturated heterocycles. The first-order chi connectivity index (χ1) is 26.7. The van der Waals surface area contributed by atoms with Crippen LogP contribution in [0.15, 0.2) is 84.5 Å². The highest BCUT2D eigenvalue weighted by molar-refractivity contribution is 6.59. The third-order valence-electron chi connectivity index (χ3n) is 17.8. The fraction of sp³-hybridized carbons (Fsp3) is 0.212. The maximum absolute atomic E-state index is 12.9. The molecule has 11 aromatic carbocycles. The molecule has 2 nitrogen and oxygen atoms in total. The van der Waals surface area contributed by atoms with E-state index in [4.69, 9.17) is 4.74 Å². The van der Waals surface area contributed by atoms with E-state index >= 15 is 0 Å². The lowest BCUT2D eigenvalue weighted by molar-refractivity contribution is -0.140. The van der Waals surface area contributed by atoms with Gasteiger partial charge in [-0.1, -0.05) is 84.5 Å². The van der Waals surface area contributed by atoms with Gasteiger partial charge in [0.25, 0.3) is 0 Å². The molecule has 5 atom stereocenters. The molecule has 7 aliphatic rings. The number of rotatable bonds is 5. The minimum atomic E-state index is -0.199. The van der Waals surface area contributed by atoms with Crippen LogP contribution in [0.4, 0.5) is 0 Å². The molecule has 2 heteroatoms. The average molecular weight is 685 g/mol. The molecule has 5 unspecified atom stereocenters. The normalized spacial score (nSPS) is 29.0. The quantitative estimate of drug-likeness (QED) is 0.133. The number of allylic oxidation sites excluding steroid dienone is 4. The van der Waals surface area contributed by atoms with E-state index in [-0.39, 0.29) is 22.2 Å². The van der Waals surface area contributed by atoms with Gasteiger partial charge in [-0.15, -0.1) is 0 Å². The van der Waals surface area contributed by atoms with Gasteiger partial charge in [0.15, 0.2) is 0 Å². The minimum absolute atomic E-state index is 0.0921. The molecule has 0 aliphatic heterocycles. The van der Waals surface area contributed by atoms with Crippen molar-refractivity contribution in [2.75, 3.05) is 7.11 Å². The fourth-order valence-corrected chi connectivity index (χ4v) is 17.1. The molecule has 0 N–H and O–H groups in total. The number of fused-ring (bicyclic) bond motifs is 5. The summed E-state index contributed by atoms with van der Waals surface area (Å²) in [6.07, 6.45) is 9.88. The molecule has 2 spiro atoms. The highest BCUT2D eigenvalue weighted by Crippen LogP contribution is 2.98. The van der Waals surface area contributed by atoms with Gasteiger partial charge in [-0.2, -0.15) is 0 Å². The van der Waals surface area contributed by atoms with Crippen molar-refractivity contribution in [1.82, 2.24) is 0 Å². The molecule has 11 aromatic rings. The third-order valence-corrected chi connectivity index (χ3v) is 17.8. The Hall–Kier alpha value is -5.73. The van der Waals surface area contributed by atoms with Gasteiger partial charge in [-0.05, 0) is 173 Å². The summed E-state index contributed by atoms with van der Waals surface area (Å²) in [6, 6.07) is 26.7. The van der Waals surface area contributed by atoms with E-state index in [1.807, 2.05) is 0 Å². The number of carbonyl (C=O) groups excluding carboxylic acids is 1. The highest BCUT2D eigenvalue weighted by Gasteiger charge is 2.95. The Morgan fingerprint density at radius 2 is 1.35 bits per heavy atom. The molecule has 18 rings (SSSR count). The van der Waals surface area contributed by atoms with Crippen molar-refractivity contribution < 1.29 is 9.53 Å². The van der Waals surface area contributed by atoms with Crippen LogP contribution in [0, 0.1) is 11.3 Å². The van der Waals surface area contributed by atoms with E-state index in [0.29, 0.717) is 18.3 Å². The Kier molecular flexibility index (Phi) is 3.23. The van der Waals surface area contributed by atoms with Crippen LogP contribution >= 0.6 is 0 Å². The second-order valence-corrected chi connectivity index (χ2v) is 18.4. The Morgan fingerprint density at radius 3 is 2.11 bits per heavy atom. The number of ether oxygens (including phenoxy) is 1. The summed E-state index contributed by atoms with van der Waals surface area (Å²) in [7, 11) is 1.55. The van der Waals surface area contributed by atoms with Crippen molar-refractivity contribution in [2.24, 2.45) is 11.3 Å². The number of methoxy groups -OCH3 is 1. The minimum Gasteiger partial charge on any atom is -0.469 e. The maximum atomic E-state index is 12.9. The lowest BCUT2D eigenvalue weighted by atomic mass is 9.69. The van der Waals surface area contributed by atoms with Crippen molar-refractivity contribution in [3.05, 3.63) is 117 Å². The summed E-state index contributed by atoms with van der Waals surface area (Å²) in [4.78, 5) is 12.9. The standard InChI is InChI=1S/C52H28O2/c1-54-31(53)8-5-19-50(20-6-3-2-4-7-20)51-29-17-18-30-28-16-14-26-24-12-10-22-21-9-11-23-25-13-15-27(29)38-36(25)41-34(23)32(21)40-33(22)35(24)42-37(26)39(28)49(52(30,50)51)47-45(42)43(40)44(41)46(47)48(38)51/h2-4,6-7,9-13,15,17-18,28,39H,5,8,14,16,19H2,1H3. The van der Waals surface area contributed by atoms with Crippen LogP contribution in [0.5, 0.6) is 0 Å². The number of aryl methyl sites for hydroxylation is 1. The Morgan fingerprint density at radius 1 is 0.685 bits per heavy atom. The molecule has 0 aromatic heterocycles. The number of hydrogen-bond donors (Lipinski definition) is 0. The maximum Gasteiger partial charge on any atom is 0.305 e. The number of esters is 1. The zero-order chi connectivity index (χ0) is 34.3. The molecule has 0 heterocycles. The van der Waals surface area contributed by atoms with E-state index in [0.717, 1.165) is 19.3 Å². The predicted molar refractivity (Wildman–Crippen MR) is 218 cm³/mol. The van der Waals surface area contributed by atoms with Crippen LogP contribution in [0.1, 0.15) is 59.4 Å². The van der Waals surface area contributed by atoms with Crippen LogP contribution < -0.4 is 5.22 Å². The van der Waals surface area contributed by atoms with Crippen molar-refractivity contribution in [3.8, 4) is 0 Å². The van der Waals surface area contributed by atoms with Gasteiger partial charge in [-0.3, -0.25) is 4.79 Å². The molecule has 7 aliphatic carbocycles. The summed E-state index contributed by atoms with van der Waals surface area (Å²) < 4.78 is 5.31. The smallest absolute Gasteiger partial charge is 0.305 e. The van der Waals surface area contributed by atoms with E-state index in [2.05, 4.69) is 78.9 Å². The van der Waals surface area contributed by atoms with Gasteiger partial charge >= 0.3 is 5.97 Å². The van der Waals surface area contributed by atoms with Gasteiger partial charge in [0.2, 0.25) is 0 Å². The molecular weight excluding hydrogens is 657 g/mol. The van der Waals surface area contributed by atoms with Crippen molar-refractivity contribution in [3.63, 3.8) is 0 Å². The SMILES string of the molecule is COC(=O)CCCC1(c2ccccc2)C23C4=CC=C5c6ccc7c8ccc9c%10ccc%11c%12c%13c%14c%15c(c%16c(c6c7c6c%16c%15c(c%10c%11%14)c9c86)C521)=C3C%13C4CC%12. The zero-order valence-corrected chi connectivity index (χ0v) is 29.5. The summed E-state index contributed by atoms with van der Waals surface area (Å²) in [6.45, 7) is 0. The first-order valence-corrected chi connectivity index (χ1v) is 20.3. The molecule has 54 heavy (non-hydrogen) atoms. The van der Waals surface area contributed by atoms with E-state index in [1.54, 1.807) is 99.6 Å². The average Bonchev–Trinajstić information content (AvgIpc) is 3.86. The molecule has 0 amide bonds. The first kappa shape index (κ1) is 25.3. The van der Waals surface area contributed by atoms with Crippen LogP contribution in [0.25, 0.3) is 108 Å². The van der Waals surface area contributed by atoms with Gasteiger partial charge in [-0.25, -0.2) is 0 Å². The number of carbonyl (C=O) groups is 1. The second-order valence-electron chi connectivity index (χ2n) is 18.4. The molecular formula is C52H28O2. The summed E-state index contributed by atoms with van der Waals surface area (Å²) >= 11 is 0.